The fraction of sp³-hybridized carbons (Fsp3) is 1.00. The van der Waals surface area contributed by atoms with Crippen molar-refractivity contribution in [1.29, 1.82) is 0 Å². The molecule has 3 N–H and O–H groups in total. The van der Waals surface area contributed by atoms with Crippen LogP contribution in [0.3, 0.4) is 0 Å². The molecule has 0 aromatic rings. The largest absolute Gasteiger partial charge is 0.394 e. The van der Waals surface area contributed by atoms with Crippen LogP contribution in [0.4, 0.5) is 4.39 Å². The summed E-state index contributed by atoms with van der Waals surface area (Å²) in [6.45, 7) is 3.70. The second kappa shape index (κ2) is 5.49. The van der Waals surface area contributed by atoms with E-state index in [4.69, 9.17) is 10.8 Å². The van der Waals surface area contributed by atoms with Gasteiger partial charge in [0.1, 0.15) is 0 Å². The van der Waals surface area contributed by atoms with Crippen LogP contribution in [0.1, 0.15) is 33.1 Å². The average molecular weight is 177 g/mol. The zero-order valence-electron chi connectivity index (χ0n) is 8.02. The van der Waals surface area contributed by atoms with Crippen molar-refractivity contribution in [2.45, 2.75) is 38.6 Å². The number of aliphatic hydroxyl groups excluding tert-OH is 1. The topological polar surface area (TPSA) is 46.2 Å². The van der Waals surface area contributed by atoms with Crippen LogP contribution in [0.15, 0.2) is 0 Å². The second-order valence-corrected chi connectivity index (χ2v) is 3.91. The fourth-order valence-electron chi connectivity index (χ4n) is 1.48. The molecular weight excluding hydrogens is 157 g/mol. The van der Waals surface area contributed by atoms with Gasteiger partial charge in [-0.25, -0.2) is 0 Å². The Labute approximate surface area is 74.0 Å². The molecule has 0 heterocycles. The molecule has 2 nitrogen and oxygen atoms in total. The van der Waals surface area contributed by atoms with Crippen LogP contribution < -0.4 is 5.73 Å². The van der Waals surface area contributed by atoms with E-state index in [1.807, 2.05) is 13.8 Å². The molecule has 0 aliphatic carbocycles. The van der Waals surface area contributed by atoms with Gasteiger partial charge in [0.2, 0.25) is 0 Å². The Hall–Kier alpha value is -0.150. The Morgan fingerprint density at radius 2 is 2.08 bits per heavy atom. The molecule has 0 saturated heterocycles. The van der Waals surface area contributed by atoms with Gasteiger partial charge < -0.3 is 10.8 Å². The van der Waals surface area contributed by atoms with E-state index in [-0.39, 0.29) is 13.3 Å². The molecule has 1 atom stereocenters. The van der Waals surface area contributed by atoms with E-state index >= 15 is 0 Å². The third-order valence-electron chi connectivity index (χ3n) is 1.94. The molecule has 0 unspecified atom stereocenters. The highest BCUT2D eigenvalue weighted by atomic mass is 19.1. The SMILES string of the molecule is CC(C)C[C@](N)(CO)CCCF. The van der Waals surface area contributed by atoms with Crippen LogP contribution in [0.2, 0.25) is 0 Å². The molecule has 0 radical (unpaired) electrons. The van der Waals surface area contributed by atoms with Gasteiger partial charge in [-0.05, 0) is 25.2 Å². The Kier molecular flexibility index (Phi) is 5.42. The summed E-state index contributed by atoms with van der Waals surface area (Å²) >= 11 is 0. The van der Waals surface area contributed by atoms with Crippen molar-refractivity contribution in [3.8, 4) is 0 Å². The molecule has 0 aromatic carbocycles. The quantitative estimate of drug-likeness (QED) is 0.645. The smallest absolute Gasteiger partial charge is 0.0895 e. The van der Waals surface area contributed by atoms with Gasteiger partial charge >= 0.3 is 0 Å². The monoisotopic (exact) mass is 177 g/mol. The number of hydrogen-bond donors (Lipinski definition) is 2. The normalized spacial score (nSPS) is 16.5. The van der Waals surface area contributed by atoms with Crippen LogP contribution in [-0.2, 0) is 0 Å². The fourth-order valence-corrected chi connectivity index (χ4v) is 1.48. The van der Waals surface area contributed by atoms with E-state index in [1.165, 1.54) is 0 Å². The minimum atomic E-state index is -0.569. The Bertz CT molecular complexity index is 119. The van der Waals surface area contributed by atoms with E-state index in [0.717, 1.165) is 6.42 Å². The van der Waals surface area contributed by atoms with Crippen molar-refractivity contribution in [3.05, 3.63) is 0 Å². The number of halogens is 1. The van der Waals surface area contributed by atoms with Crippen LogP contribution in [0, 0.1) is 5.92 Å². The van der Waals surface area contributed by atoms with Crippen LogP contribution in [0.25, 0.3) is 0 Å². The van der Waals surface area contributed by atoms with Crippen molar-refractivity contribution in [3.63, 3.8) is 0 Å². The lowest BCUT2D eigenvalue weighted by Gasteiger charge is -2.28. The van der Waals surface area contributed by atoms with E-state index < -0.39 is 5.54 Å². The summed E-state index contributed by atoms with van der Waals surface area (Å²) in [7, 11) is 0. The molecule has 12 heavy (non-hydrogen) atoms. The maximum atomic E-state index is 11.9. The summed E-state index contributed by atoms with van der Waals surface area (Å²) in [6.07, 6.45) is 1.77. The summed E-state index contributed by atoms with van der Waals surface area (Å²) in [6, 6.07) is 0. The van der Waals surface area contributed by atoms with Gasteiger partial charge in [0.05, 0.1) is 13.3 Å². The van der Waals surface area contributed by atoms with Gasteiger partial charge in [0.15, 0.2) is 0 Å². The van der Waals surface area contributed by atoms with Crippen LogP contribution in [-0.4, -0.2) is 23.9 Å². The second-order valence-electron chi connectivity index (χ2n) is 3.91. The van der Waals surface area contributed by atoms with Gasteiger partial charge in [0.25, 0.3) is 0 Å². The summed E-state index contributed by atoms with van der Waals surface area (Å²) < 4.78 is 11.9. The number of aliphatic hydroxyl groups is 1. The first kappa shape index (κ1) is 11.8. The molecule has 0 rings (SSSR count). The molecule has 0 spiro atoms. The van der Waals surface area contributed by atoms with Gasteiger partial charge in [-0.3, -0.25) is 4.39 Å². The Morgan fingerprint density at radius 3 is 2.42 bits per heavy atom. The van der Waals surface area contributed by atoms with E-state index in [2.05, 4.69) is 0 Å². The number of nitrogens with two attached hydrogens (primary N) is 1. The maximum absolute atomic E-state index is 11.9. The lowest BCUT2D eigenvalue weighted by Crippen LogP contribution is -2.44. The standard InChI is InChI=1S/C9H20FNO/c1-8(2)6-9(11,7-12)4-3-5-10/h8,12H,3-7,11H2,1-2H3/t9-/m0/s1. The summed E-state index contributed by atoms with van der Waals surface area (Å²) in [4.78, 5) is 0. The predicted octanol–water partition coefficient (Wildman–Crippen LogP) is 1.47. The molecule has 0 fully saturated rings. The lowest BCUT2D eigenvalue weighted by molar-refractivity contribution is 0.160. The first-order chi connectivity index (χ1) is 5.54. The zero-order chi connectivity index (χ0) is 9.61. The minimum Gasteiger partial charge on any atom is -0.394 e. The van der Waals surface area contributed by atoms with Gasteiger partial charge in [0, 0.05) is 5.54 Å². The number of hydrogen-bond acceptors (Lipinski definition) is 2. The molecule has 0 amide bonds. The van der Waals surface area contributed by atoms with E-state index in [1.54, 1.807) is 0 Å². The number of alkyl halides is 1. The third kappa shape index (κ3) is 4.67. The predicted molar refractivity (Wildman–Crippen MR) is 48.7 cm³/mol. The molecule has 0 aromatic heterocycles. The number of rotatable bonds is 6. The molecule has 0 saturated carbocycles. The van der Waals surface area contributed by atoms with Crippen molar-refractivity contribution < 1.29 is 9.50 Å². The van der Waals surface area contributed by atoms with Crippen LogP contribution in [0.5, 0.6) is 0 Å². The Morgan fingerprint density at radius 1 is 1.50 bits per heavy atom. The van der Waals surface area contributed by atoms with E-state index in [9.17, 15) is 4.39 Å². The summed E-state index contributed by atoms with van der Waals surface area (Å²) in [5.74, 6) is 0.446. The summed E-state index contributed by atoms with van der Waals surface area (Å²) in [5, 5.41) is 9.01. The highest BCUT2D eigenvalue weighted by molar-refractivity contribution is 4.84. The highest BCUT2D eigenvalue weighted by Gasteiger charge is 2.24. The van der Waals surface area contributed by atoms with E-state index in [0.29, 0.717) is 18.8 Å². The minimum absolute atomic E-state index is 0.0504. The molecule has 0 bridgehead atoms. The average Bonchev–Trinajstić information content (AvgIpc) is 2.00. The maximum Gasteiger partial charge on any atom is 0.0895 e. The first-order valence-corrected chi connectivity index (χ1v) is 4.50. The third-order valence-corrected chi connectivity index (χ3v) is 1.94. The van der Waals surface area contributed by atoms with Crippen molar-refractivity contribution in [2.75, 3.05) is 13.3 Å². The highest BCUT2D eigenvalue weighted by Crippen LogP contribution is 2.19. The van der Waals surface area contributed by atoms with Crippen molar-refractivity contribution >= 4 is 0 Å². The summed E-state index contributed by atoms with van der Waals surface area (Å²) in [5.41, 5.74) is 5.30. The van der Waals surface area contributed by atoms with Crippen LogP contribution >= 0.6 is 0 Å². The van der Waals surface area contributed by atoms with Crippen molar-refractivity contribution in [1.82, 2.24) is 0 Å². The molecule has 74 valence electrons. The molecular formula is C9H20FNO. The first-order valence-electron chi connectivity index (χ1n) is 4.50. The molecule has 0 aliphatic heterocycles. The zero-order valence-corrected chi connectivity index (χ0v) is 8.02. The van der Waals surface area contributed by atoms with Gasteiger partial charge in [-0.15, -0.1) is 0 Å². The van der Waals surface area contributed by atoms with Crippen molar-refractivity contribution in [2.24, 2.45) is 11.7 Å². The molecule has 3 heteroatoms. The van der Waals surface area contributed by atoms with Gasteiger partial charge in [-0.2, -0.15) is 0 Å². The van der Waals surface area contributed by atoms with Gasteiger partial charge in [-0.1, -0.05) is 13.8 Å². The Balaban J connectivity index is 3.86. The molecule has 0 aliphatic rings. The lowest BCUT2D eigenvalue weighted by atomic mass is 9.86.